The van der Waals surface area contributed by atoms with Gasteiger partial charge in [0.05, 0.1) is 11.5 Å². The molecule has 1 N–H and O–H groups in total. The molecule has 0 unspecified atom stereocenters. The van der Waals surface area contributed by atoms with E-state index in [4.69, 9.17) is 11.6 Å². The van der Waals surface area contributed by atoms with Crippen LogP contribution >= 0.6 is 11.6 Å². The molecule has 0 heterocycles. The second-order valence-corrected chi connectivity index (χ2v) is 7.95. The number of alkyl halides is 1. The first-order valence-electron chi connectivity index (χ1n) is 6.96. The lowest BCUT2D eigenvalue weighted by Gasteiger charge is -2.08. The van der Waals surface area contributed by atoms with Crippen molar-refractivity contribution < 1.29 is 13.2 Å². The van der Waals surface area contributed by atoms with Gasteiger partial charge < -0.3 is 5.32 Å². The standard InChI is InChI=1S/C15H22ClNO3S/c1-12(2)14-5-3-13(4-6-14)11-17-15(18)7-9-21(19,20)10-8-16/h3-6,12H,7-11H2,1-2H3,(H,17,18). The van der Waals surface area contributed by atoms with E-state index in [-0.39, 0.29) is 29.7 Å². The molecular formula is C15H22ClNO3S. The number of hydrogen-bond acceptors (Lipinski definition) is 3. The van der Waals surface area contributed by atoms with E-state index in [1.54, 1.807) is 0 Å². The molecule has 1 aromatic carbocycles. The Labute approximate surface area is 131 Å². The molecule has 0 spiro atoms. The molecule has 0 atom stereocenters. The zero-order valence-corrected chi connectivity index (χ0v) is 14.0. The number of amides is 1. The zero-order chi connectivity index (χ0) is 15.9. The van der Waals surface area contributed by atoms with E-state index in [0.29, 0.717) is 12.5 Å². The lowest BCUT2D eigenvalue weighted by molar-refractivity contribution is -0.120. The van der Waals surface area contributed by atoms with Crippen molar-refractivity contribution in [1.29, 1.82) is 0 Å². The Morgan fingerprint density at radius 1 is 1.19 bits per heavy atom. The topological polar surface area (TPSA) is 63.2 Å². The number of carbonyl (C=O) groups is 1. The van der Waals surface area contributed by atoms with Crippen molar-refractivity contribution in [3.05, 3.63) is 35.4 Å². The summed E-state index contributed by atoms with van der Waals surface area (Å²) in [7, 11) is -3.22. The molecule has 0 bridgehead atoms. The SMILES string of the molecule is CC(C)c1ccc(CNC(=O)CCS(=O)(=O)CCCl)cc1. The van der Waals surface area contributed by atoms with Crippen LogP contribution in [0.25, 0.3) is 0 Å². The van der Waals surface area contributed by atoms with Crippen molar-refractivity contribution in [3.63, 3.8) is 0 Å². The first-order valence-corrected chi connectivity index (χ1v) is 9.31. The second kappa shape index (κ2) is 8.39. The van der Waals surface area contributed by atoms with Crippen molar-refractivity contribution in [2.24, 2.45) is 0 Å². The lowest BCUT2D eigenvalue weighted by Crippen LogP contribution is -2.26. The molecule has 0 saturated carbocycles. The summed E-state index contributed by atoms with van der Waals surface area (Å²) in [6, 6.07) is 8.02. The van der Waals surface area contributed by atoms with Crippen molar-refractivity contribution >= 4 is 27.3 Å². The first kappa shape index (κ1) is 18.0. The van der Waals surface area contributed by atoms with Crippen LogP contribution in [0.2, 0.25) is 0 Å². The second-order valence-electron chi connectivity index (χ2n) is 5.26. The minimum absolute atomic E-state index is 0.0245. The maximum Gasteiger partial charge on any atom is 0.221 e. The van der Waals surface area contributed by atoms with Gasteiger partial charge in [-0.1, -0.05) is 38.1 Å². The predicted octanol–water partition coefficient (Wildman–Crippen LogP) is 2.47. The molecule has 0 fully saturated rings. The largest absolute Gasteiger partial charge is 0.352 e. The molecule has 4 nitrogen and oxygen atoms in total. The van der Waals surface area contributed by atoms with Crippen LogP contribution in [0.4, 0.5) is 0 Å². The van der Waals surface area contributed by atoms with Gasteiger partial charge in [0.15, 0.2) is 9.84 Å². The van der Waals surface area contributed by atoms with E-state index in [1.165, 1.54) is 5.56 Å². The Kier molecular flexibility index (Phi) is 7.18. The number of nitrogens with one attached hydrogen (secondary N) is 1. The Bertz CT molecular complexity index is 553. The van der Waals surface area contributed by atoms with Crippen LogP contribution < -0.4 is 5.32 Å². The van der Waals surface area contributed by atoms with E-state index < -0.39 is 9.84 Å². The molecule has 1 amide bonds. The van der Waals surface area contributed by atoms with Gasteiger partial charge in [-0.25, -0.2) is 8.42 Å². The molecule has 6 heteroatoms. The summed E-state index contributed by atoms with van der Waals surface area (Å²) in [4.78, 5) is 11.6. The fourth-order valence-corrected chi connectivity index (χ4v) is 3.42. The highest BCUT2D eigenvalue weighted by Gasteiger charge is 2.12. The van der Waals surface area contributed by atoms with Crippen molar-refractivity contribution in [2.75, 3.05) is 17.4 Å². The van der Waals surface area contributed by atoms with Gasteiger partial charge in [0.25, 0.3) is 0 Å². The molecule has 21 heavy (non-hydrogen) atoms. The van der Waals surface area contributed by atoms with Gasteiger partial charge in [0.1, 0.15) is 0 Å². The smallest absolute Gasteiger partial charge is 0.221 e. The van der Waals surface area contributed by atoms with Gasteiger partial charge in [-0.15, -0.1) is 11.6 Å². The minimum Gasteiger partial charge on any atom is -0.352 e. The fourth-order valence-electron chi connectivity index (χ4n) is 1.78. The molecule has 118 valence electrons. The number of benzene rings is 1. The first-order chi connectivity index (χ1) is 9.84. The summed E-state index contributed by atoms with van der Waals surface area (Å²) >= 11 is 5.40. The minimum atomic E-state index is -3.22. The lowest BCUT2D eigenvalue weighted by atomic mass is 10.0. The summed E-state index contributed by atoms with van der Waals surface area (Å²) in [5.41, 5.74) is 2.24. The molecule has 0 aromatic heterocycles. The molecular weight excluding hydrogens is 310 g/mol. The van der Waals surface area contributed by atoms with Crippen LogP contribution in [-0.2, 0) is 21.2 Å². The fraction of sp³-hybridized carbons (Fsp3) is 0.533. The van der Waals surface area contributed by atoms with E-state index in [1.807, 2.05) is 24.3 Å². The van der Waals surface area contributed by atoms with Gasteiger partial charge in [-0.3, -0.25) is 4.79 Å². The van der Waals surface area contributed by atoms with Gasteiger partial charge >= 0.3 is 0 Å². The highest BCUT2D eigenvalue weighted by atomic mass is 35.5. The Hall–Kier alpha value is -1.07. The van der Waals surface area contributed by atoms with Gasteiger partial charge in [-0.05, 0) is 17.0 Å². The van der Waals surface area contributed by atoms with Crippen molar-refractivity contribution in [1.82, 2.24) is 5.32 Å². The summed E-state index contributed by atoms with van der Waals surface area (Å²) in [6.45, 7) is 4.66. The number of sulfone groups is 1. The third kappa shape index (κ3) is 6.96. The van der Waals surface area contributed by atoms with Crippen molar-refractivity contribution in [3.8, 4) is 0 Å². The summed E-state index contributed by atoms with van der Waals surface area (Å²) < 4.78 is 22.9. The van der Waals surface area contributed by atoms with E-state index in [0.717, 1.165) is 5.56 Å². The van der Waals surface area contributed by atoms with Crippen LogP contribution in [0.1, 0.15) is 37.3 Å². The van der Waals surface area contributed by atoms with Gasteiger partial charge in [0, 0.05) is 18.8 Å². The summed E-state index contributed by atoms with van der Waals surface area (Å²) in [6.07, 6.45) is -0.0245. The molecule has 0 radical (unpaired) electrons. The molecule has 0 aliphatic heterocycles. The third-order valence-electron chi connectivity index (χ3n) is 3.16. The zero-order valence-electron chi connectivity index (χ0n) is 12.4. The monoisotopic (exact) mass is 331 g/mol. The number of carbonyl (C=O) groups excluding carboxylic acids is 1. The number of halogens is 1. The normalized spacial score (nSPS) is 11.6. The number of rotatable bonds is 8. The Morgan fingerprint density at radius 2 is 1.81 bits per heavy atom. The van der Waals surface area contributed by atoms with Crippen LogP contribution in [0, 0.1) is 0 Å². The molecule has 0 aliphatic rings. The van der Waals surface area contributed by atoms with Crippen LogP contribution in [-0.4, -0.2) is 31.7 Å². The van der Waals surface area contributed by atoms with Crippen molar-refractivity contribution in [2.45, 2.75) is 32.7 Å². The maximum absolute atomic E-state index is 11.6. The molecule has 0 saturated heterocycles. The molecule has 1 aromatic rings. The van der Waals surface area contributed by atoms with E-state index >= 15 is 0 Å². The molecule has 1 rings (SSSR count). The summed E-state index contributed by atoms with van der Waals surface area (Å²) in [5.74, 6) is 0.0320. The number of hydrogen-bond donors (Lipinski definition) is 1. The van der Waals surface area contributed by atoms with E-state index in [2.05, 4.69) is 19.2 Å². The van der Waals surface area contributed by atoms with Gasteiger partial charge in [0.2, 0.25) is 5.91 Å². The Balaban J connectivity index is 2.39. The van der Waals surface area contributed by atoms with Crippen LogP contribution in [0.15, 0.2) is 24.3 Å². The predicted molar refractivity (Wildman–Crippen MR) is 86.4 cm³/mol. The van der Waals surface area contributed by atoms with E-state index in [9.17, 15) is 13.2 Å². The average molecular weight is 332 g/mol. The summed E-state index contributed by atoms with van der Waals surface area (Å²) in [5, 5.41) is 2.73. The highest BCUT2D eigenvalue weighted by Crippen LogP contribution is 2.14. The molecule has 0 aliphatic carbocycles. The highest BCUT2D eigenvalue weighted by molar-refractivity contribution is 7.91. The Morgan fingerprint density at radius 3 is 2.33 bits per heavy atom. The third-order valence-corrected chi connectivity index (χ3v) is 5.23. The average Bonchev–Trinajstić information content (AvgIpc) is 2.43. The van der Waals surface area contributed by atoms with Crippen LogP contribution in [0.5, 0.6) is 0 Å². The quantitative estimate of drug-likeness (QED) is 0.744. The van der Waals surface area contributed by atoms with Crippen LogP contribution in [0.3, 0.4) is 0 Å². The maximum atomic E-state index is 11.6. The van der Waals surface area contributed by atoms with Gasteiger partial charge in [-0.2, -0.15) is 0 Å².